The Morgan fingerprint density at radius 3 is 2.14 bits per heavy atom. The van der Waals surface area contributed by atoms with Crippen LogP contribution in [0.1, 0.15) is 16.7 Å². The molecule has 0 radical (unpaired) electrons. The number of rotatable bonds is 4. The van der Waals surface area contributed by atoms with E-state index >= 15 is 0 Å². The lowest BCUT2D eigenvalue weighted by atomic mass is 9.89. The summed E-state index contributed by atoms with van der Waals surface area (Å²) in [6, 6.07) is 28.0. The van der Waals surface area contributed by atoms with Crippen molar-refractivity contribution in [2.45, 2.75) is 11.3 Å². The van der Waals surface area contributed by atoms with Gasteiger partial charge in [0.25, 0.3) is 5.91 Å². The molecule has 0 saturated heterocycles. The molecule has 0 N–H and O–H groups in total. The lowest BCUT2D eigenvalue weighted by molar-refractivity contribution is -0.118. The molecule has 1 aliphatic rings. The second-order valence-corrected chi connectivity index (χ2v) is 7.20. The largest absolute Gasteiger partial charge is 0.275 e. The van der Waals surface area contributed by atoms with Crippen molar-refractivity contribution in [3.63, 3.8) is 0 Å². The van der Waals surface area contributed by atoms with Gasteiger partial charge in [-0.25, -0.2) is 0 Å². The van der Waals surface area contributed by atoms with Gasteiger partial charge in [0.15, 0.2) is 4.87 Å². The Bertz CT molecular complexity index is 1070. The first-order valence-corrected chi connectivity index (χ1v) is 9.22. The minimum atomic E-state index is -1.31. The molecule has 1 heterocycles. The highest BCUT2D eigenvalue weighted by Gasteiger charge is 2.50. The predicted octanol–water partition coefficient (Wildman–Crippen LogP) is 4.53. The van der Waals surface area contributed by atoms with Crippen molar-refractivity contribution in [3.8, 4) is 6.07 Å². The molecule has 4 rings (SSSR count). The van der Waals surface area contributed by atoms with E-state index in [0.717, 1.165) is 11.1 Å². The van der Waals surface area contributed by atoms with Crippen LogP contribution in [0.25, 0.3) is 0 Å². The molecule has 136 valence electrons. The summed E-state index contributed by atoms with van der Waals surface area (Å²) in [6.45, 7) is 0. The Labute approximate surface area is 168 Å². The van der Waals surface area contributed by atoms with Crippen molar-refractivity contribution in [2.24, 2.45) is 5.10 Å². The van der Waals surface area contributed by atoms with Crippen molar-refractivity contribution in [1.82, 2.24) is 0 Å². The maximum atomic E-state index is 13.4. The highest BCUT2D eigenvalue weighted by atomic mass is 35.5. The maximum absolute atomic E-state index is 13.4. The number of benzene rings is 3. The van der Waals surface area contributed by atoms with Gasteiger partial charge in [-0.05, 0) is 29.8 Å². The summed E-state index contributed by atoms with van der Waals surface area (Å²) in [5, 5.41) is 14.9. The molecule has 0 aromatic heterocycles. The monoisotopic (exact) mass is 385 g/mol. The van der Waals surface area contributed by atoms with Crippen LogP contribution in [0.4, 0.5) is 5.69 Å². The van der Waals surface area contributed by atoms with Gasteiger partial charge in [-0.1, -0.05) is 60.7 Å². The van der Waals surface area contributed by atoms with Crippen LogP contribution in [0, 0.1) is 11.3 Å². The van der Waals surface area contributed by atoms with Gasteiger partial charge >= 0.3 is 0 Å². The number of hydrogen-bond acceptors (Lipinski definition) is 3. The number of carbonyl (C=O) groups excluding carboxylic acids is 1. The highest BCUT2D eigenvalue weighted by Crippen LogP contribution is 2.36. The summed E-state index contributed by atoms with van der Waals surface area (Å²) < 4.78 is 0. The number of hydrogen-bond donors (Lipinski definition) is 0. The van der Waals surface area contributed by atoms with Crippen molar-refractivity contribution >= 4 is 28.9 Å². The van der Waals surface area contributed by atoms with Crippen LogP contribution in [0.3, 0.4) is 0 Å². The molecule has 0 aliphatic carbocycles. The number of alkyl halides is 1. The maximum Gasteiger partial charge on any atom is 0.275 e. The second-order valence-electron chi connectivity index (χ2n) is 6.55. The van der Waals surface area contributed by atoms with Gasteiger partial charge in [0.2, 0.25) is 0 Å². The smallest absolute Gasteiger partial charge is 0.270 e. The third-order valence-electron chi connectivity index (χ3n) is 4.69. The van der Waals surface area contributed by atoms with Gasteiger partial charge in [-0.3, -0.25) is 4.79 Å². The van der Waals surface area contributed by atoms with Crippen molar-refractivity contribution in [1.29, 1.82) is 5.26 Å². The summed E-state index contributed by atoms with van der Waals surface area (Å²) in [4.78, 5) is 12.1. The predicted molar refractivity (Wildman–Crippen MR) is 110 cm³/mol. The van der Waals surface area contributed by atoms with Crippen LogP contribution in [0.5, 0.6) is 0 Å². The Balaban J connectivity index is 1.79. The van der Waals surface area contributed by atoms with E-state index in [0.29, 0.717) is 23.4 Å². The molecule has 0 fully saturated rings. The number of halogens is 1. The zero-order chi connectivity index (χ0) is 19.6. The van der Waals surface area contributed by atoms with Gasteiger partial charge in [-0.2, -0.15) is 15.4 Å². The van der Waals surface area contributed by atoms with Crippen LogP contribution in [0.15, 0.2) is 90.0 Å². The van der Waals surface area contributed by atoms with E-state index in [1.165, 1.54) is 5.01 Å². The van der Waals surface area contributed by atoms with E-state index in [2.05, 4.69) is 11.2 Å². The van der Waals surface area contributed by atoms with Crippen molar-refractivity contribution in [2.75, 3.05) is 5.01 Å². The minimum Gasteiger partial charge on any atom is -0.270 e. The van der Waals surface area contributed by atoms with Crippen molar-refractivity contribution in [3.05, 3.63) is 102 Å². The van der Waals surface area contributed by atoms with Crippen LogP contribution >= 0.6 is 11.6 Å². The molecule has 5 heteroatoms. The first-order chi connectivity index (χ1) is 13.6. The molecule has 3 aromatic carbocycles. The van der Waals surface area contributed by atoms with Crippen LogP contribution in [0.2, 0.25) is 0 Å². The summed E-state index contributed by atoms with van der Waals surface area (Å²) in [7, 11) is 0. The summed E-state index contributed by atoms with van der Waals surface area (Å²) in [5.74, 6) is -0.304. The van der Waals surface area contributed by atoms with Crippen molar-refractivity contribution < 1.29 is 4.79 Å². The fourth-order valence-electron chi connectivity index (χ4n) is 3.26. The molecule has 1 atom stereocenters. The first kappa shape index (κ1) is 18.0. The average Bonchev–Trinajstić information content (AvgIpc) is 3.00. The van der Waals surface area contributed by atoms with E-state index in [1.54, 1.807) is 24.3 Å². The van der Waals surface area contributed by atoms with Gasteiger partial charge in [-0.15, -0.1) is 11.6 Å². The third kappa shape index (κ3) is 3.17. The number of nitriles is 1. The molecule has 28 heavy (non-hydrogen) atoms. The molecule has 3 aromatic rings. The number of anilines is 1. The summed E-state index contributed by atoms with van der Waals surface area (Å²) in [5.41, 5.74) is 3.37. The number of hydrazone groups is 1. The highest BCUT2D eigenvalue weighted by molar-refractivity contribution is 6.53. The lowest BCUT2D eigenvalue weighted by Crippen LogP contribution is -2.43. The Morgan fingerprint density at radius 1 is 0.929 bits per heavy atom. The quantitative estimate of drug-likeness (QED) is 0.619. The zero-order valence-corrected chi connectivity index (χ0v) is 15.7. The average molecular weight is 386 g/mol. The Hall–Kier alpha value is -3.42. The molecular weight excluding hydrogens is 370 g/mol. The molecule has 0 spiro atoms. The molecule has 0 saturated carbocycles. The minimum absolute atomic E-state index is 0.304. The molecular formula is C23H16ClN3O. The molecule has 4 nitrogen and oxygen atoms in total. The summed E-state index contributed by atoms with van der Waals surface area (Å²) in [6.07, 6.45) is 0.328. The fourth-order valence-corrected chi connectivity index (χ4v) is 3.65. The van der Waals surface area contributed by atoms with Gasteiger partial charge in [0.05, 0.1) is 23.0 Å². The van der Waals surface area contributed by atoms with E-state index in [1.807, 2.05) is 60.7 Å². The van der Waals surface area contributed by atoms with Crippen LogP contribution in [-0.4, -0.2) is 16.5 Å². The standard InChI is InChI=1S/C23H16ClN3O/c24-23(15-17-7-3-1-4-8-17)21(19-9-5-2-6-10-19)26-27(22(23)28)20-13-11-18(16-25)12-14-20/h1-14H,15H2. The van der Waals surface area contributed by atoms with Gasteiger partial charge in [0, 0.05) is 12.0 Å². The third-order valence-corrected chi connectivity index (χ3v) is 5.16. The fraction of sp³-hybridized carbons (Fsp3) is 0.0870. The second kappa shape index (κ2) is 7.30. The molecule has 1 amide bonds. The topological polar surface area (TPSA) is 56.5 Å². The van der Waals surface area contributed by atoms with Gasteiger partial charge < -0.3 is 0 Å². The number of carbonyl (C=O) groups is 1. The normalized spacial score (nSPS) is 18.6. The zero-order valence-electron chi connectivity index (χ0n) is 14.9. The Kier molecular flexibility index (Phi) is 4.68. The van der Waals surface area contributed by atoms with Gasteiger partial charge in [0.1, 0.15) is 0 Å². The molecule has 0 bridgehead atoms. The molecule has 1 unspecified atom stereocenters. The Morgan fingerprint density at radius 2 is 1.54 bits per heavy atom. The van der Waals surface area contributed by atoms with E-state index in [9.17, 15) is 4.79 Å². The first-order valence-electron chi connectivity index (χ1n) is 8.84. The summed E-state index contributed by atoms with van der Waals surface area (Å²) >= 11 is 6.99. The van der Waals surface area contributed by atoms with E-state index in [4.69, 9.17) is 16.9 Å². The number of nitrogens with zero attached hydrogens (tertiary/aromatic N) is 3. The van der Waals surface area contributed by atoms with Crippen LogP contribution in [-0.2, 0) is 11.2 Å². The lowest BCUT2D eigenvalue weighted by Gasteiger charge is -2.22. The van der Waals surface area contributed by atoms with E-state index < -0.39 is 4.87 Å². The van der Waals surface area contributed by atoms with E-state index in [-0.39, 0.29) is 5.91 Å². The van der Waals surface area contributed by atoms with Crippen LogP contribution < -0.4 is 5.01 Å². The SMILES string of the molecule is N#Cc1ccc(N2N=C(c3ccccc3)C(Cl)(Cc3ccccc3)C2=O)cc1. The molecule has 1 aliphatic heterocycles. The number of amides is 1.